The summed E-state index contributed by atoms with van der Waals surface area (Å²) in [7, 11) is -2.08. The zero-order valence-electron chi connectivity index (χ0n) is 20.7. The summed E-state index contributed by atoms with van der Waals surface area (Å²) in [6.07, 6.45) is 0.689. The van der Waals surface area contributed by atoms with E-state index in [1.165, 1.54) is 22.8 Å². The van der Waals surface area contributed by atoms with Gasteiger partial charge >= 0.3 is 5.97 Å². The summed E-state index contributed by atoms with van der Waals surface area (Å²) < 4.78 is 37.9. The lowest BCUT2D eigenvalue weighted by molar-refractivity contribution is 0.0528. The molecule has 196 valence electrons. The average Bonchev–Trinajstić information content (AvgIpc) is 3.31. The Morgan fingerprint density at radius 2 is 1.73 bits per heavy atom. The van der Waals surface area contributed by atoms with Gasteiger partial charge in [-0.25, -0.2) is 13.2 Å². The van der Waals surface area contributed by atoms with Gasteiger partial charge < -0.3 is 19.7 Å². The number of nitrogens with zero attached hydrogens (tertiary/aromatic N) is 2. The number of benzene rings is 2. The lowest BCUT2D eigenvalue weighted by atomic mass is 10.1. The minimum absolute atomic E-state index is 0.228. The van der Waals surface area contributed by atoms with Gasteiger partial charge in [0.15, 0.2) is 5.11 Å². The zero-order valence-corrected chi connectivity index (χ0v) is 23.1. The number of carbonyl (C=O) groups excluding carboxylic acids is 1. The van der Waals surface area contributed by atoms with Crippen molar-refractivity contribution in [2.75, 3.05) is 45.2 Å². The molecule has 1 fully saturated rings. The maximum Gasteiger partial charge on any atom is 0.341 e. The third kappa shape index (κ3) is 6.48. The van der Waals surface area contributed by atoms with Crippen molar-refractivity contribution in [3.05, 3.63) is 76.7 Å². The van der Waals surface area contributed by atoms with E-state index in [0.29, 0.717) is 54.0 Å². The molecule has 0 spiro atoms. The van der Waals surface area contributed by atoms with Gasteiger partial charge in [0, 0.05) is 37.5 Å². The summed E-state index contributed by atoms with van der Waals surface area (Å²) >= 11 is 7.11. The lowest BCUT2D eigenvalue weighted by Gasteiger charge is -2.35. The SMILES string of the molecule is CCOC(=O)c1cc(Cc2ccccc2)sc1NC(=S)N1CCN(S(=O)(=O)c2ccc(OC)cc2)CC1. The van der Waals surface area contributed by atoms with Crippen LogP contribution in [0.25, 0.3) is 0 Å². The second-order valence-corrected chi connectivity index (χ2v) is 11.8. The van der Waals surface area contributed by atoms with E-state index in [1.54, 1.807) is 31.2 Å². The number of methoxy groups -OCH3 is 1. The second-order valence-electron chi connectivity index (χ2n) is 8.34. The van der Waals surface area contributed by atoms with Crippen LogP contribution in [-0.4, -0.2) is 68.6 Å². The van der Waals surface area contributed by atoms with E-state index in [4.69, 9.17) is 21.7 Å². The van der Waals surface area contributed by atoms with Crippen LogP contribution >= 0.6 is 23.6 Å². The van der Waals surface area contributed by atoms with Gasteiger partial charge in [0.2, 0.25) is 10.0 Å². The predicted octanol–water partition coefficient (Wildman–Crippen LogP) is 4.23. The Labute approximate surface area is 226 Å². The number of rotatable bonds is 8. The Bertz CT molecular complexity index is 1330. The topological polar surface area (TPSA) is 88.2 Å². The lowest BCUT2D eigenvalue weighted by Crippen LogP contribution is -2.51. The molecule has 0 atom stereocenters. The Morgan fingerprint density at radius 1 is 1.05 bits per heavy atom. The Morgan fingerprint density at radius 3 is 2.35 bits per heavy atom. The van der Waals surface area contributed by atoms with E-state index in [-0.39, 0.29) is 11.5 Å². The number of esters is 1. The molecule has 8 nitrogen and oxygen atoms in total. The van der Waals surface area contributed by atoms with Crippen LogP contribution in [0.15, 0.2) is 65.6 Å². The van der Waals surface area contributed by atoms with E-state index in [1.807, 2.05) is 41.3 Å². The van der Waals surface area contributed by atoms with Crippen molar-refractivity contribution in [2.24, 2.45) is 0 Å². The molecule has 1 aliphatic rings. The van der Waals surface area contributed by atoms with Crippen molar-refractivity contribution in [3.63, 3.8) is 0 Å². The highest BCUT2D eigenvalue weighted by molar-refractivity contribution is 7.89. The van der Waals surface area contributed by atoms with Gasteiger partial charge in [0.05, 0.1) is 24.2 Å². The van der Waals surface area contributed by atoms with Gasteiger partial charge in [-0.2, -0.15) is 4.31 Å². The fourth-order valence-electron chi connectivity index (χ4n) is 3.98. The normalized spacial score (nSPS) is 14.3. The molecule has 1 N–H and O–H groups in total. The van der Waals surface area contributed by atoms with Gasteiger partial charge in [0.1, 0.15) is 10.8 Å². The second kappa shape index (κ2) is 12.0. The predicted molar refractivity (Wildman–Crippen MR) is 149 cm³/mol. The van der Waals surface area contributed by atoms with Crippen molar-refractivity contribution < 1.29 is 22.7 Å². The summed E-state index contributed by atoms with van der Waals surface area (Å²) in [5, 5.41) is 4.29. The number of hydrogen-bond acceptors (Lipinski definition) is 7. The number of thiocarbonyl (C=S) groups is 1. The highest BCUT2D eigenvalue weighted by Crippen LogP contribution is 2.31. The molecule has 1 saturated heterocycles. The monoisotopic (exact) mass is 559 g/mol. The van der Waals surface area contributed by atoms with Crippen LogP contribution in [0.1, 0.15) is 27.7 Å². The van der Waals surface area contributed by atoms with Crippen LogP contribution in [0, 0.1) is 0 Å². The fourth-order valence-corrected chi connectivity index (χ4v) is 6.83. The maximum absolute atomic E-state index is 13.1. The van der Waals surface area contributed by atoms with Crippen LogP contribution in [0.5, 0.6) is 5.75 Å². The quantitative estimate of drug-likeness (QED) is 0.324. The van der Waals surface area contributed by atoms with E-state index >= 15 is 0 Å². The summed E-state index contributed by atoms with van der Waals surface area (Å²) in [4.78, 5) is 15.8. The van der Waals surface area contributed by atoms with Crippen molar-refractivity contribution in [1.29, 1.82) is 0 Å². The van der Waals surface area contributed by atoms with Crippen LogP contribution < -0.4 is 10.1 Å². The molecule has 11 heteroatoms. The van der Waals surface area contributed by atoms with Crippen molar-refractivity contribution in [1.82, 2.24) is 9.21 Å². The standard InChI is InChI=1S/C26H29N3O5S3/c1-3-34-25(30)23-18-21(17-19-7-5-4-6-8-19)36-24(23)27-26(35)28-13-15-29(16-14-28)37(31,32)22-11-9-20(33-2)10-12-22/h4-12,18H,3,13-17H2,1-2H3,(H,27,35). The minimum atomic E-state index is -3.62. The molecule has 2 heterocycles. The van der Waals surface area contributed by atoms with E-state index in [2.05, 4.69) is 5.32 Å². The minimum Gasteiger partial charge on any atom is -0.497 e. The van der Waals surface area contributed by atoms with Gasteiger partial charge in [-0.05, 0) is 55.0 Å². The number of ether oxygens (including phenoxy) is 2. The van der Waals surface area contributed by atoms with E-state index in [9.17, 15) is 13.2 Å². The Balaban J connectivity index is 1.42. The molecule has 0 bridgehead atoms. The summed E-state index contributed by atoms with van der Waals surface area (Å²) in [5.41, 5.74) is 1.59. The number of piperazine rings is 1. The largest absolute Gasteiger partial charge is 0.497 e. The number of nitrogens with one attached hydrogen (secondary N) is 1. The third-order valence-corrected chi connectivity index (χ3v) is 9.27. The number of hydrogen-bond donors (Lipinski definition) is 1. The van der Waals surface area contributed by atoms with Crippen LogP contribution in [0.4, 0.5) is 5.00 Å². The molecule has 0 unspecified atom stereocenters. The van der Waals surface area contributed by atoms with Crippen molar-refractivity contribution in [3.8, 4) is 5.75 Å². The molecule has 1 aromatic heterocycles. The molecule has 3 aromatic rings. The molecule has 0 aliphatic carbocycles. The third-order valence-electron chi connectivity index (χ3n) is 5.94. The Hall–Kier alpha value is -2.99. The summed E-state index contributed by atoms with van der Waals surface area (Å²) in [6, 6.07) is 18.2. The highest BCUT2D eigenvalue weighted by Gasteiger charge is 2.30. The number of thiophene rings is 1. The van der Waals surface area contributed by atoms with Gasteiger partial charge in [-0.15, -0.1) is 11.3 Å². The van der Waals surface area contributed by atoms with E-state index < -0.39 is 16.0 Å². The number of anilines is 1. The number of sulfonamides is 1. The first-order valence-electron chi connectivity index (χ1n) is 11.9. The first kappa shape index (κ1) is 27.1. The highest BCUT2D eigenvalue weighted by atomic mass is 32.2. The maximum atomic E-state index is 13.1. The molecule has 2 aromatic carbocycles. The molecule has 1 aliphatic heterocycles. The van der Waals surface area contributed by atoms with Gasteiger partial charge in [0.25, 0.3) is 0 Å². The number of carbonyl (C=O) groups is 1. The van der Waals surface area contributed by atoms with Crippen molar-refractivity contribution >= 4 is 49.7 Å². The molecular weight excluding hydrogens is 531 g/mol. The first-order valence-corrected chi connectivity index (χ1v) is 14.5. The van der Waals surface area contributed by atoms with Crippen LogP contribution in [0.2, 0.25) is 0 Å². The fraction of sp³-hybridized carbons (Fsp3) is 0.308. The summed E-state index contributed by atoms with van der Waals surface area (Å²) in [5.74, 6) is 0.196. The smallest absolute Gasteiger partial charge is 0.341 e. The van der Waals surface area contributed by atoms with Crippen molar-refractivity contribution in [2.45, 2.75) is 18.2 Å². The molecule has 0 radical (unpaired) electrons. The summed E-state index contributed by atoms with van der Waals surface area (Å²) in [6.45, 7) is 3.50. The molecule has 4 rings (SSSR count). The van der Waals surface area contributed by atoms with Crippen LogP contribution in [-0.2, 0) is 21.2 Å². The average molecular weight is 560 g/mol. The van der Waals surface area contributed by atoms with Gasteiger partial charge in [-0.3, -0.25) is 0 Å². The Kier molecular flexibility index (Phi) is 8.80. The van der Waals surface area contributed by atoms with Crippen LogP contribution in [0.3, 0.4) is 0 Å². The zero-order chi connectivity index (χ0) is 26.4. The first-order chi connectivity index (χ1) is 17.8. The molecular formula is C26H29N3O5S3. The van der Waals surface area contributed by atoms with Gasteiger partial charge in [-0.1, -0.05) is 30.3 Å². The molecule has 37 heavy (non-hydrogen) atoms. The molecule has 0 saturated carbocycles. The van der Waals surface area contributed by atoms with E-state index in [0.717, 1.165) is 10.4 Å². The molecule has 0 amide bonds.